The third-order valence-corrected chi connectivity index (χ3v) is 5.49. The molecule has 0 aliphatic carbocycles. The van der Waals surface area contributed by atoms with Crippen molar-refractivity contribution in [2.75, 3.05) is 31.1 Å². The number of para-hydroxylation sites is 1. The van der Waals surface area contributed by atoms with Gasteiger partial charge in [0.1, 0.15) is 0 Å². The van der Waals surface area contributed by atoms with Crippen molar-refractivity contribution < 1.29 is 18.0 Å². The number of carbonyl (C=O) groups excluding carboxylic acids is 1. The number of benzene rings is 2. The highest BCUT2D eigenvalue weighted by Crippen LogP contribution is 2.32. The highest BCUT2D eigenvalue weighted by molar-refractivity contribution is 5.89. The molecule has 29 heavy (non-hydrogen) atoms. The van der Waals surface area contributed by atoms with E-state index in [-0.39, 0.29) is 5.91 Å². The van der Waals surface area contributed by atoms with Gasteiger partial charge in [0, 0.05) is 56.0 Å². The molecule has 152 valence electrons. The van der Waals surface area contributed by atoms with Crippen molar-refractivity contribution in [3.05, 3.63) is 65.9 Å². The molecule has 2 aromatic carbocycles. The molecule has 3 aromatic rings. The molecule has 0 spiro atoms. The van der Waals surface area contributed by atoms with E-state index >= 15 is 0 Å². The van der Waals surface area contributed by atoms with Gasteiger partial charge in [0.25, 0.3) is 0 Å². The van der Waals surface area contributed by atoms with Crippen LogP contribution >= 0.6 is 0 Å². The zero-order chi connectivity index (χ0) is 20.6. The highest BCUT2D eigenvalue weighted by atomic mass is 19.4. The van der Waals surface area contributed by atoms with E-state index in [1.807, 2.05) is 47.0 Å². The van der Waals surface area contributed by atoms with Crippen molar-refractivity contribution >= 4 is 22.5 Å². The minimum atomic E-state index is -4.35. The summed E-state index contributed by atoms with van der Waals surface area (Å²) in [6, 6.07) is 13.3. The molecule has 1 amide bonds. The van der Waals surface area contributed by atoms with E-state index < -0.39 is 11.7 Å². The number of aryl methyl sites for hydroxylation is 1. The molecule has 1 aliphatic rings. The maximum Gasteiger partial charge on any atom is 0.416 e. The number of alkyl halides is 3. The van der Waals surface area contributed by atoms with Crippen molar-refractivity contribution in [2.45, 2.75) is 12.6 Å². The molecule has 2 heterocycles. The van der Waals surface area contributed by atoms with Crippen LogP contribution in [0.4, 0.5) is 18.9 Å². The van der Waals surface area contributed by atoms with Crippen LogP contribution in [0, 0.1) is 0 Å². The molecule has 1 aliphatic heterocycles. The molecule has 0 saturated carbocycles. The Morgan fingerprint density at radius 1 is 1.00 bits per heavy atom. The Bertz CT molecular complexity index is 1030. The van der Waals surface area contributed by atoms with Crippen LogP contribution in [-0.2, 0) is 24.4 Å². The van der Waals surface area contributed by atoms with Crippen LogP contribution < -0.4 is 4.90 Å². The van der Waals surface area contributed by atoms with Crippen LogP contribution in [0.15, 0.2) is 54.7 Å². The number of nitrogens with zero attached hydrogens (tertiary/aromatic N) is 3. The van der Waals surface area contributed by atoms with Gasteiger partial charge in [0.05, 0.1) is 12.0 Å². The lowest BCUT2D eigenvalue weighted by Gasteiger charge is -2.36. The maximum absolute atomic E-state index is 12.9. The Morgan fingerprint density at radius 3 is 2.45 bits per heavy atom. The molecule has 1 fully saturated rings. The number of hydrogen-bond acceptors (Lipinski definition) is 2. The minimum absolute atomic E-state index is 0.0463. The number of rotatable bonds is 3. The lowest BCUT2D eigenvalue weighted by Crippen LogP contribution is -2.49. The number of halogens is 3. The fraction of sp³-hybridized carbons (Fsp3) is 0.318. The standard InChI is InChI=1S/C22H22F3N3O/c1-26-15-16(19-7-2-3-8-20(19)26)13-21(29)28-11-9-27(10-12-28)18-6-4-5-17(14-18)22(23,24)25/h2-8,14-15H,9-13H2,1H3. The molecule has 1 aromatic heterocycles. The zero-order valence-corrected chi connectivity index (χ0v) is 16.1. The Hall–Kier alpha value is -2.96. The molecule has 0 bridgehead atoms. The number of carbonyl (C=O) groups is 1. The number of hydrogen-bond donors (Lipinski definition) is 0. The van der Waals surface area contributed by atoms with Crippen LogP contribution in [0.1, 0.15) is 11.1 Å². The summed E-state index contributed by atoms with van der Waals surface area (Å²) in [5.41, 5.74) is 1.98. The summed E-state index contributed by atoms with van der Waals surface area (Å²) in [7, 11) is 1.96. The van der Waals surface area contributed by atoms with Crippen LogP contribution in [0.5, 0.6) is 0 Å². The molecule has 4 nitrogen and oxygen atoms in total. The van der Waals surface area contributed by atoms with E-state index in [1.165, 1.54) is 12.1 Å². The van der Waals surface area contributed by atoms with Crippen molar-refractivity contribution in [2.24, 2.45) is 7.05 Å². The quantitative estimate of drug-likeness (QED) is 0.662. The first-order valence-corrected chi connectivity index (χ1v) is 9.56. The topological polar surface area (TPSA) is 28.5 Å². The van der Waals surface area contributed by atoms with Gasteiger partial charge < -0.3 is 14.4 Å². The Kier molecular flexibility index (Phi) is 4.98. The molecule has 0 N–H and O–H groups in total. The zero-order valence-electron chi connectivity index (χ0n) is 16.1. The minimum Gasteiger partial charge on any atom is -0.368 e. The van der Waals surface area contributed by atoms with Gasteiger partial charge in [0.2, 0.25) is 5.91 Å². The molecule has 0 atom stereocenters. The van der Waals surface area contributed by atoms with E-state index in [0.29, 0.717) is 38.3 Å². The fourth-order valence-corrected chi connectivity index (χ4v) is 3.93. The Balaban J connectivity index is 1.41. The van der Waals surface area contributed by atoms with Crippen molar-refractivity contribution in [3.63, 3.8) is 0 Å². The first-order valence-electron chi connectivity index (χ1n) is 9.56. The van der Waals surface area contributed by atoms with Crippen LogP contribution in [0.3, 0.4) is 0 Å². The number of amides is 1. The summed E-state index contributed by atoms with van der Waals surface area (Å²) in [5.74, 6) is 0.0463. The van der Waals surface area contributed by atoms with Crippen LogP contribution in [0.2, 0.25) is 0 Å². The van der Waals surface area contributed by atoms with Gasteiger partial charge in [-0.05, 0) is 29.8 Å². The predicted octanol–water partition coefficient (Wildman–Crippen LogP) is 4.09. The second-order valence-electron chi connectivity index (χ2n) is 7.38. The van der Waals surface area contributed by atoms with Gasteiger partial charge in [0.15, 0.2) is 0 Å². The highest BCUT2D eigenvalue weighted by Gasteiger charge is 2.31. The lowest BCUT2D eigenvalue weighted by molar-refractivity contribution is -0.137. The van der Waals surface area contributed by atoms with Crippen molar-refractivity contribution in [1.29, 1.82) is 0 Å². The Labute approximate surface area is 167 Å². The third kappa shape index (κ3) is 3.95. The summed E-state index contributed by atoms with van der Waals surface area (Å²) in [5, 5.41) is 1.07. The Morgan fingerprint density at radius 2 is 1.72 bits per heavy atom. The normalized spacial score (nSPS) is 15.2. The van der Waals surface area contributed by atoms with Crippen molar-refractivity contribution in [3.8, 4) is 0 Å². The van der Waals surface area contributed by atoms with Gasteiger partial charge in [-0.1, -0.05) is 24.3 Å². The summed E-state index contributed by atoms with van der Waals surface area (Å²) in [4.78, 5) is 16.5. The van der Waals surface area contributed by atoms with Gasteiger partial charge in [-0.3, -0.25) is 4.79 Å². The van der Waals surface area contributed by atoms with E-state index in [0.717, 1.165) is 22.5 Å². The summed E-state index contributed by atoms with van der Waals surface area (Å²) < 4.78 is 40.9. The first kappa shape index (κ1) is 19.4. The average molecular weight is 401 g/mol. The van der Waals surface area contributed by atoms with Crippen LogP contribution in [0.25, 0.3) is 10.9 Å². The number of aromatic nitrogens is 1. The molecule has 7 heteroatoms. The summed E-state index contributed by atoms with van der Waals surface area (Å²) in [6.07, 6.45) is -2.04. The first-order chi connectivity index (χ1) is 13.8. The third-order valence-electron chi connectivity index (χ3n) is 5.49. The lowest BCUT2D eigenvalue weighted by atomic mass is 10.1. The van der Waals surface area contributed by atoms with Gasteiger partial charge >= 0.3 is 6.18 Å². The molecule has 1 saturated heterocycles. The molecular formula is C22H22F3N3O. The largest absolute Gasteiger partial charge is 0.416 e. The van der Waals surface area contributed by atoms with Crippen molar-refractivity contribution in [1.82, 2.24) is 9.47 Å². The van der Waals surface area contributed by atoms with Gasteiger partial charge in [-0.2, -0.15) is 13.2 Å². The number of fused-ring (bicyclic) bond motifs is 1. The van der Waals surface area contributed by atoms with E-state index in [4.69, 9.17) is 0 Å². The summed E-state index contributed by atoms with van der Waals surface area (Å²) >= 11 is 0. The molecule has 4 rings (SSSR count). The van der Waals surface area contributed by atoms with Crippen LogP contribution in [-0.4, -0.2) is 41.6 Å². The number of piperazine rings is 1. The maximum atomic E-state index is 12.9. The number of anilines is 1. The van der Waals surface area contributed by atoms with Gasteiger partial charge in [-0.25, -0.2) is 0 Å². The molecular weight excluding hydrogens is 379 g/mol. The summed E-state index contributed by atoms with van der Waals surface area (Å²) in [6.45, 7) is 2.03. The van der Waals surface area contributed by atoms with E-state index in [2.05, 4.69) is 0 Å². The smallest absolute Gasteiger partial charge is 0.368 e. The second kappa shape index (κ2) is 7.46. The van der Waals surface area contributed by atoms with Gasteiger partial charge in [-0.15, -0.1) is 0 Å². The van der Waals surface area contributed by atoms with E-state index in [1.54, 1.807) is 11.0 Å². The SMILES string of the molecule is Cn1cc(CC(=O)N2CCN(c3cccc(C(F)(F)F)c3)CC2)c2ccccc21. The fourth-order valence-electron chi connectivity index (χ4n) is 3.93. The average Bonchev–Trinajstić information content (AvgIpc) is 3.03. The molecule has 0 unspecified atom stereocenters. The predicted molar refractivity (Wildman–Crippen MR) is 107 cm³/mol. The monoisotopic (exact) mass is 401 g/mol. The second-order valence-corrected chi connectivity index (χ2v) is 7.38. The molecule has 0 radical (unpaired) electrons. The van der Waals surface area contributed by atoms with E-state index in [9.17, 15) is 18.0 Å².